The first-order valence-electron chi connectivity index (χ1n) is 7.19. The van der Waals surface area contributed by atoms with Gasteiger partial charge in [0.2, 0.25) is 0 Å². The van der Waals surface area contributed by atoms with Crippen molar-refractivity contribution in [3.05, 3.63) is 35.9 Å². The normalized spacial score (nSPS) is 13.2. The number of rotatable bonds is 2. The van der Waals surface area contributed by atoms with E-state index in [4.69, 9.17) is 9.47 Å². The lowest BCUT2D eigenvalue weighted by Crippen LogP contribution is -2.20. The molecule has 23 heavy (non-hydrogen) atoms. The van der Waals surface area contributed by atoms with Crippen molar-refractivity contribution < 1.29 is 19.4 Å². The molecule has 1 amide bonds. The van der Waals surface area contributed by atoms with Crippen LogP contribution in [-0.4, -0.2) is 32.3 Å². The van der Waals surface area contributed by atoms with Gasteiger partial charge in [0.1, 0.15) is 5.75 Å². The summed E-state index contributed by atoms with van der Waals surface area (Å²) in [6.45, 7) is 0. The second-order valence-corrected chi connectivity index (χ2v) is 5.57. The van der Waals surface area contributed by atoms with E-state index in [-0.39, 0.29) is 11.7 Å². The Morgan fingerprint density at radius 2 is 1.83 bits per heavy atom. The van der Waals surface area contributed by atoms with Gasteiger partial charge in [0.05, 0.1) is 25.5 Å². The molecule has 3 aromatic carbocycles. The molecule has 1 N–H and O–H groups in total. The molecule has 0 saturated carbocycles. The minimum Gasteiger partial charge on any atom is -0.508 e. The summed E-state index contributed by atoms with van der Waals surface area (Å²) in [4.78, 5) is 14.2. The van der Waals surface area contributed by atoms with Gasteiger partial charge in [0.15, 0.2) is 11.5 Å². The van der Waals surface area contributed by atoms with E-state index in [1.54, 1.807) is 44.4 Å². The molecule has 0 atom stereocenters. The van der Waals surface area contributed by atoms with Gasteiger partial charge in [-0.05, 0) is 41.1 Å². The van der Waals surface area contributed by atoms with Crippen LogP contribution in [0, 0.1) is 0 Å². The molecular weight excluding hydrogens is 294 g/mol. The molecule has 116 valence electrons. The molecule has 0 fully saturated rings. The standard InChI is InChI=1S/C18H15NO4/c1-19-13-7-9-6-10(20)4-5-11(9)16-15(13)12(18(19)21)8-14(22-2)17(16)23-3/h4-8,20H,1-3H3. The maximum absolute atomic E-state index is 12.6. The minimum atomic E-state index is -0.0783. The van der Waals surface area contributed by atoms with Crippen LogP contribution in [0.5, 0.6) is 17.2 Å². The average Bonchev–Trinajstić information content (AvgIpc) is 2.79. The molecule has 1 heterocycles. The quantitative estimate of drug-likeness (QED) is 0.738. The number of nitrogens with zero attached hydrogens (tertiary/aromatic N) is 1. The number of benzene rings is 3. The average molecular weight is 309 g/mol. The Morgan fingerprint density at radius 1 is 1.04 bits per heavy atom. The summed E-state index contributed by atoms with van der Waals surface area (Å²) < 4.78 is 11.0. The molecule has 0 spiro atoms. The largest absolute Gasteiger partial charge is 0.508 e. The summed E-state index contributed by atoms with van der Waals surface area (Å²) in [7, 11) is 4.88. The highest BCUT2D eigenvalue weighted by Crippen LogP contribution is 2.49. The monoisotopic (exact) mass is 309 g/mol. The minimum absolute atomic E-state index is 0.0783. The van der Waals surface area contributed by atoms with Crippen LogP contribution in [0.25, 0.3) is 21.5 Å². The number of phenols is 1. The zero-order chi connectivity index (χ0) is 16.3. The van der Waals surface area contributed by atoms with Crippen molar-refractivity contribution in [2.24, 2.45) is 0 Å². The van der Waals surface area contributed by atoms with Crippen LogP contribution in [0.2, 0.25) is 0 Å². The van der Waals surface area contributed by atoms with Gasteiger partial charge in [-0.25, -0.2) is 0 Å². The van der Waals surface area contributed by atoms with E-state index in [1.807, 2.05) is 12.1 Å². The third-order valence-electron chi connectivity index (χ3n) is 4.42. The van der Waals surface area contributed by atoms with E-state index in [0.717, 1.165) is 27.2 Å². The Morgan fingerprint density at radius 3 is 2.52 bits per heavy atom. The number of anilines is 1. The van der Waals surface area contributed by atoms with Crippen molar-refractivity contribution in [3.63, 3.8) is 0 Å². The summed E-state index contributed by atoms with van der Waals surface area (Å²) in [6, 6.07) is 8.78. The Labute approximate surface area is 132 Å². The van der Waals surface area contributed by atoms with Crippen molar-refractivity contribution in [1.82, 2.24) is 0 Å². The molecule has 0 saturated heterocycles. The smallest absolute Gasteiger partial charge is 0.258 e. The van der Waals surface area contributed by atoms with Crippen molar-refractivity contribution in [2.45, 2.75) is 0 Å². The van der Waals surface area contributed by atoms with Crippen molar-refractivity contribution in [2.75, 3.05) is 26.2 Å². The number of amides is 1. The Hall–Kier alpha value is -2.95. The van der Waals surface area contributed by atoms with Gasteiger partial charge in [0, 0.05) is 17.8 Å². The zero-order valence-corrected chi connectivity index (χ0v) is 13.0. The molecule has 4 rings (SSSR count). The lowest BCUT2D eigenvalue weighted by Gasteiger charge is -2.15. The number of fused-ring (bicyclic) bond motifs is 2. The summed E-state index contributed by atoms with van der Waals surface area (Å²) >= 11 is 0. The number of carbonyl (C=O) groups excluding carboxylic acids is 1. The number of ether oxygens (including phenoxy) is 2. The van der Waals surface area contributed by atoms with E-state index in [0.29, 0.717) is 17.1 Å². The predicted octanol–water partition coefficient (Wildman–Crippen LogP) is 3.31. The van der Waals surface area contributed by atoms with Gasteiger partial charge < -0.3 is 19.5 Å². The zero-order valence-electron chi connectivity index (χ0n) is 13.0. The van der Waals surface area contributed by atoms with Crippen LogP contribution in [0.15, 0.2) is 30.3 Å². The van der Waals surface area contributed by atoms with Crippen LogP contribution in [0.3, 0.4) is 0 Å². The van der Waals surface area contributed by atoms with Crippen LogP contribution in [0.1, 0.15) is 10.4 Å². The third kappa shape index (κ3) is 1.64. The van der Waals surface area contributed by atoms with E-state index in [9.17, 15) is 9.90 Å². The molecule has 5 heteroatoms. The molecule has 0 aromatic heterocycles. The molecular formula is C18H15NO4. The van der Waals surface area contributed by atoms with E-state index < -0.39 is 0 Å². The van der Waals surface area contributed by atoms with Crippen molar-refractivity contribution in [1.29, 1.82) is 0 Å². The molecule has 0 radical (unpaired) electrons. The topological polar surface area (TPSA) is 59.0 Å². The number of hydrogen-bond acceptors (Lipinski definition) is 4. The number of aromatic hydroxyl groups is 1. The summed E-state index contributed by atoms with van der Waals surface area (Å²) in [5.41, 5.74) is 1.41. The van der Waals surface area contributed by atoms with Crippen molar-refractivity contribution >= 4 is 33.1 Å². The fraction of sp³-hybridized carbons (Fsp3) is 0.167. The SMILES string of the molecule is COc1cc2c3c(cc4cc(O)ccc4c3c1OC)N(C)C2=O. The van der Waals surface area contributed by atoms with Gasteiger partial charge in [-0.1, -0.05) is 0 Å². The fourth-order valence-corrected chi connectivity index (χ4v) is 3.36. The highest BCUT2D eigenvalue weighted by atomic mass is 16.5. The second-order valence-electron chi connectivity index (χ2n) is 5.57. The van der Waals surface area contributed by atoms with Crippen LogP contribution in [0.4, 0.5) is 5.69 Å². The van der Waals surface area contributed by atoms with Crippen LogP contribution in [-0.2, 0) is 0 Å². The summed E-state index contributed by atoms with van der Waals surface area (Å²) in [5.74, 6) is 1.21. The second kappa shape index (κ2) is 4.52. The summed E-state index contributed by atoms with van der Waals surface area (Å²) in [6.07, 6.45) is 0. The maximum Gasteiger partial charge on any atom is 0.258 e. The maximum atomic E-state index is 12.6. The first-order chi connectivity index (χ1) is 11.1. The molecule has 0 unspecified atom stereocenters. The molecule has 3 aromatic rings. The highest BCUT2D eigenvalue weighted by molar-refractivity contribution is 6.31. The third-order valence-corrected chi connectivity index (χ3v) is 4.42. The Kier molecular flexibility index (Phi) is 2.69. The van der Waals surface area contributed by atoms with E-state index in [1.165, 1.54) is 0 Å². The van der Waals surface area contributed by atoms with E-state index in [2.05, 4.69) is 0 Å². The lowest BCUT2D eigenvalue weighted by molar-refractivity contribution is 0.0998. The van der Waals surface area contributed by atoms with Gasteiger partial charge in [0.25, 0.3) is 5.91 Å². The van der Waals surface area contributed by atoms with Gasteiger partial charge in [-0.15, -0.1) is 0 Å². The fourth-order valence-electron chi connectivity index (χ4n) is 3.36. The molecule has 1 aliphatic heterocycles. The molecule has 0 bridgehead atoms. The van der Waals surface area contributed by atoms with Gasteiger partial charge >= 0.3 is 0 Å². The Balaban J connectivity index is 2.32. The first kappa shape index (κ1) is 13.7. The van der Waals surface area contributed by atoms with Gasteiger partial charge in [-0.2, -0.15) is 0 Å². The predicted molar refractivity (Wildman–Crippen MR) is 89.0 cm³/mol. The molecule has 1 aliphatic rings. The molecule has 5 nitrogen and oxygen atoms in total. The first-order valence-corrected chi connectivity index (χ1v) is 7.19. The molecule has 0 aliphatic carbocycles. The van der Waals surface area contributed by atoms with Gasteiger partial charge in [-0.3, -0.25) is 4.79 Å². The van der Waals surface area contributed by atoms with Crippen LogP contribution < -0.4 is 14.4 Å². The van der Waals surface area contributed by atoms with E-state index >= 15 is 0 Å². The number of carbonyl (C=O) groups is 1. The lowest BCUT2D eigenvalue weighted by atomic mass is 9.97. The number of methoxy groups -OCH3 is 2. The highest BCUT2D eigenvalue weighted by Gasteiger charge is 2.31. The summed E-state index contributed by atoms with van der Waals surface area (Å²) in [5, 5.41) is 13.2. The Bertz CT molecular complexity index is 994. The van der Waals surface area contributed by atoms with Crippen molar-refractivity contribution in [3.8, 4) is 17.2 Å². The van der Waals surface area contributed by atoms with Crippen LogP contribution >= 0.6 is 0 Å². The number of hydrogen-bond donors (Lipinski definition) is 1. The number of phenolic OH excluding ortho intramolecular Hbond substituents is 1.